The lowest BCUT2D eigenvalue weighted by atomic mass is 10.1. The summed E-state index contributed by atoms with van der Waals surface area (Å²) < 4.78 is 4.79. The van der Waals surface area contributed by atoms with Gasteiger partial charge in [0.1, 0.15) is 6.04 Å². The van der Waals surface area contributed by atoms with Gasteiger partial charge in [0.25, 0.3) is 5.91 Å². The molecule has 2 unspecified atom stereocenters. The second-order valence-electron chi connectivity index (χ2n) is 5.67. The van der Waals surface area contributed by atoms with Crippen LogP contribution in [0.3, 0.4) is 0 Å². The maximum atomic E-state index is 12.7. The van der Waals surface area contributed by atoms with E-state index in [0.717, 1.165) is 0 Å². The molecule has 1 aromatic carbocycles. The molecule has 7 nitrogen and oxygen atoms in total. The van der Waals surface area contributed by atoms with Gasteiger partial charge in [0.2, 0.25) is 5.91 Å². The van der Waals surface area contributed by atoms with Gasteiger partial charge in [-0.3, -0.25) is 9.59 Å². The van der Waals surface area contributed by atoms with Crippen molar-refractivity contribution in [1.82, 2.24) is 10.2 Å². The van der Waals surface area contributed by atoms with E-state index in [9.17, 15) is 14.4 Å². The molecule has 1 heterocycles. The predicted octanol–water partition coefficient (Wildman–Crippen LogP) is 1.81. The van der Waals surface area contributed by atoms with Gasteiger partial charge in [0, 0.05) is 29.3 Å². The normalized spacial score (nSPS) is 18.0. The summed E-state index contributed by atoms with van der Waals surface area (Å²) in [6, 6.07) is 2.55. The molecular formula is C16H18Cl2N2O5. The van der Waals surface area contributed by atoms with E-state index >= 15 is 0 Å². The molecule has 1 aliphatic heterocycles. The van der Waals surface area contributed by atoms with E-state index in [2.05, 4.69) is 5.32 Å². The Balaban J connectivity index is 2.14. The molecule has 2 N–H and O–H groups in total. The maximum Gasteiger partial charge on any atom is 0.328 e. The highest BCUT2D eigenvalue weighted by molar-refractivity contribution is 6.35. The first-order valence-corrected chi connectivity index (χ1v) is 8.38. The number of ether oxygens (including phenoxy) is 1. The fraction of sp³-hybridized carbons (Fsp3) is 0.438. The molecule has 9 heteroatoms. The molecule has 0 aliphatic carbocycles. The Labute approximate surface area is 154 Å². The monoisotopic (exact) mass is 388 g/mol. The van der Waals surface area contributed by atoms with Gasteiger partial charge in [-0.15, -0.1) is 0 Å². The molecule has 0 bridgehead atoms. The quantitative estimate of drug-likeness (QED) is 0.774. The number of nitrogens with one attached hydrogen (secondary N) is 1. The van der Waals surface area contributed by atoms with Crippen molar-refractivity contribution in [3.63, 3.8) is 0 Å². The van der Waals surface area contributed by atoms with Crippen LogP contribution in [0.2, 0.25) is 10.0 Å². The maximum absolute atomic E-state index is 12.7. The number of methoxy groups -OCH3 is 1. The second kappa shape index (κ2) is 8.51. The lowest BCUT2D eigenvalue weighted by Crippen LogP contribution is -2.52. The molecule has 0 aromatic heterocycles. The Morgan fingerprint density at radius 1 is 1.32 bits per heavy atom. The number of aliphatic carboxylic acids is 1. The number of carbonyl (C=O) groups excluding carboxylic acids is 2. The average molecular weight is 389 g/mol. The van der Waals surface area contributed by atoms with Crippen LogP contribution < -0.4 is 5.32 Å². The number of hydrogen-bond donors (Lipinski definition) is 2. The Morgan fingerprint density at radius 2 is 1.96 bits per heavy atom. The molecule has 0 spiro atoms. The minimum atomic E-state index is -1.20. The first kappa shape index (κ1) is 19.5. The van der Waals surface area contributed by atoms with E-state index in [1.165, 1.54) is 30.2 Å². The Kier molecular flexibility index (Phi) is 6.64. The van der Waals surface area contributed by atoms with E-state index in [1.54, 1.807) is 0 Å². The van der Waals surface area contributed by atoms with Crippen molar-refractivity contribution < 1.29 is 24.2 Å². The Bertz CT molecular complexity index is 662. The smallest absolute Gasteiger partial charge is 0.328 e. The van der Waals surface area contributed by atoms with E-state index in [4.69, 9.17) is 33.0 Å². The topological polar surface area (TPSA) is 95.9 Å². The summed E-state index contributed by atoms with van der Waals surface area (Å²) >= 11 is 11.8. The number of rotatable bonds is 6. The molecule has 2 rings (SSSR count). The summed E-state index contributed by atoms with van der Waals surface area (Å²) in [5, 5.41) is 12.2. The van der Waals surface area contributed by atoms with Gasteiger partial charge in [-0.1, -0.05) is 23.2 Å². The summed E-state index contributed by atoms with van der Waals surface area (Å²) in [6.07, 6.45) is 1.09. The number of nitrogens with zero attached hydrogens (tertiary/aromatic N) is 1. The van der Waals surface area contributed by atoms with Crippen LogP contribution in [0.5, 0.6) is 0 Å². The lowest BCUT2D eigenvalue weighted by Gasteiger charge is -2.25. The summed E-state index contributed by atoms with van der Waals surface area (Å²) in [4.78, 5) is 37.7. The van der Waals surface area contributed by atoms with E-state index < -0.39 is 24.0 Å². The van der Waals surface area contributed by atoms with E-state index in [0.29, 0.717) is 29.4 Å². The average Bonchev–Trinajstić information content (AvgIpc) is 3.02. The van der Waals surface area contributed by atoms with Crippen LogP contribution in [0, 0.1) is 0 Å². The molecule has 1 aromatic rings. The van der Waals surface area contributed by atoms with Crippen LogP contribution in [0.25, 0.3) is 0 Å². The van der Waals surface area contributed by atoms with Gasteiger partial charge in [0.05, 0.1) is 6.61 Å². The lowest BCUT2D eigenvalue weighted by molar-refractivity contribution is -0.143. The molecule has 1 aliphatic rings. The number of carboxylic acid groups (broad SMARTS) is 1. The number of amides is 2. The van der Waals surface area contributed by atoms with Crippen molar-refractivity contribution >= 4 is 41.0 Å². The van der Waals surface area contributed by atoms with Crippen molar-refractivity contribution in [2.24, 2.45) is 0 Å². The van der Waals surface area contributed by atoms with Crippen LogP contribution in [-0.4, -0.2) is 60.1 Å². The fourth-order valence-corrected chi connectivity index (χ4v) is 3.26. The zero-order valence-corrected chi connectivity index (χ0v) is 15.0. The van der Waals surface area contributed by atoms with Crippen LogP contribution in [-0.2, 0) is 14.3 Å². The Morgan fingerprint density at radius 3 is 2.52 bits per heavy atom. The minimum Gasteiger partial charge on any atom is -0.480 e. The highest BCUT2D eigenvalue weighted by Crippen LogP contribution is 2.24. The molecule has 0 saturated carbocycles. The summed E-state index contributed by atoms with van der Waals surface area (Å²) in [6.45, 7) is 0.231. The standard InChI is InChI=1S/C16H18Cl2N2O5/c1-25-8-12(16(23)24)19-14(21)13-3-2-4-20(13)15(22)9-5-10(17)7-11(18)6-9/h5-7,12-13H,2-4,8H2,1H3,(H,19,21)(H,23,24). The van der Waals surface area contributed by atoms with Crippen molar-refractivity contribution in [1.29, 1.82) is 0 Å². The molecule has 1 fully saturated rings. The van der Waals surface area contributed by atoms with Crippen molar-refractivity contribution in [3.8, 4) is 0 Å². The molecule has 1 saturated heterocycles. The second-order valence-corrected chi connectivity index (χ2v) is 6.54. The molecule has 25 heavy (non-hydrogen) atoms. The van der Waals surface area contributed by atoms with Crippen molar-refractivity contribution in [3.05, 3.63) is 33.8 Å². The molecule has 2 atom stereocenters. The number of carboxylic acids is 1. The predicted molar refractivity (Wildman–Crippen MR) is 92.0 cm³/mol. The summed E-state index contributed by atoms with van der Waals surface area (Å²) in [5.41, 5.74) is 0.281. The van der Waals surface area contributed by atoms with Crippen molar-refractivity contribution in [2.75, 3.05) is 20.3 Å². The zero-order valence-electron chi connectivity index (χ0n) is 13.5. The molecular weight excluding hydrogens is 371 g/mol. The molecule has 0 radical (unpaired) electrons. The number of likely N-dealkylation sites (tertiary alicyclic amines) is 1. The van der Waals surface area contributed by atoms with E-state index in [1.807, 2.05) is 0 Å². The minimum absolute atomic E-state index is 0.161. The van der Waals surface area contributed by atoms with Gasteiger partial charge >= 0.3 is 5.97 Å². The number of hydrogen-bond acceptors (Lipinski definition) is 4. The largest absolute Gasteiger partial charge is 0.480 e. The molecule has 136 valence electrons. The number of halogens is 2. The third-order valence-corrected chi connectivity index (χ3v) is 4.31. The van der Waals surface area contributed by atoms with Gasteiger partial charge in [-0.05, 0) is 31.0 Å². The van der Waals surface area contributed by atoms with Gasteiger partial charge in [0.15, 0.2) is 6.04 Å². The highest BCUT2D eigenvalue weighted by Gasteiger charge is 2.36. The third kappa shape index (κ3) is 4.84. The van der Waals surface area contributed by atoms with Crippen LogP contribution in [0.1, 0.15) is 23.2 Å². The zero-order chi connectivity index (χ0) is 18.6. The first-order valence-electron chi connectivity index (χ1n) is 7.62. The van der Waals surface area contributed by atoms with Crippen molar-refractivity contribution in [2.45, 2.75) is 24.9 Å². The van der Waals surface area contributed by atoms with Crippen LogP contribution in [0.15, 0.2) is 18.2 Å². The third-order valence-electron chi connectivity index (χ3n) is 3.87. The van der Waals surface area contributed by atoms with E-state index in [-0.39, 0.29) is 18.1 Å². The summed E-state index contributed by atoms with van der Waals surface area (Å²) in [7, 11) is 1.34. The van der Waals surface area contributed by atoms with Crippen LogP contribution in [0.4, 0.5) is 0 Å². The summed E-state index contributed by atoms with van der Waals surface area (Å²) in [5.74, 6) is -2.10. The SMILES string of the molecule is COCC(NC(=O)C1CCCN1C(=O)c1cc(Cl)cc(Cl)c1)C(=O)O. The van der Waals surface area contributed by atoms with Gasteiger partial charge in [-0.25, -0.2) is 4.79 Å². The van der Waals surface area contributed by atoms with Gasteiger partial charge < -0.3 is 20.1 Å². The highest BCUT2D eigenvalue weighted by atomic mass is 35.5. The van der Waals surface area contributed by atoms with Gasteiger partial charge in [-0.2, -0.15) is 0 Å². The first-order chi connectivity index (χ1) is 11.8. The number of carbonyl (C=O) groups is 3. The van der Waals surface area contributed by atoms with Crippen LogP contribution >= 0.6 is 23.2 Å². The number of benzene rings is 1. The molecule has 2 amide bonds. The Hall–Kier alpha value is -1.83. The fourth-order valence-electron chi connectivity index (χ4n) is 2.73.